The highest BCUT2D eigenvalue weighted by Crippen LogP contribution is 2.21. The van der Waals surface area contributed by atoms with Gasteiger partial charge in [-0.05, 0) is 30.7 Å². The molecule has 0 amide bonds. The first-order valence-electron chi connectivity index (χ1n) is 4.76. The van der Waals surface area contributed by atoms with Gasteiger partial charge in [0.05, 0.1) is 12.4 Å². The van der Waals surface area contributed by atoms with Crippen molar-refractivity contribution in [1.82, 2.24) is 9.97 Å². The Bertz CT molecular complexity index is 496. The van der Waals surface area contributed by atoms with E-state index >= 15 is 0 Å². The monoisotopic (exact) mass is 278 g/mol. The fraction of sp³-hybridized carbons (Fsp3) is 0.0909. The average molecular weight is 279 g/mol. The Labute approximate surface area is 102 Å². The highest BCUT2D eigenvalue weighted by molar-refractivity contribution is 9.10. The maximum atomic E-state index is 5.46. The number of rotatable bonds is 2. The highest BCUT2D eigenvalue weighted by atomic mass is 79.9. The second-order valence-corrected chi connectivity index (χ2v) is 4.27. The molecular formula is C11H11BrN4. The summed E-state index contributed by atoms with van der Waals surface area (Å²) >= 11 is 3.45. The number of anilines is 3. The van der Waals surface area contributed by atoms with Crippen LogP contribution in [0.5, 0.6) is 0 Å². The first kappa shape index (κ1) is 10.9. The predicted molar refractivity (Wildman–Crippen MR) is 68.6 cm³/mol. The largest absolute Gasteiger partial charge is 0.382 e. The zero-order valence-corrected chi connectivity index (χ0v) is 10.3. The van der Waals surface area contributed by atoms with Crippen molar-refractivity contribution in [3.8, 4) is 0 Å². The lowest BCUT2D eigenvalue weighted by molar-refractivity contribution is 1.21. The van der Waals surface area contributed by atoms with Crippen molar-refractivity contribution < 1.29 is 0 Å². The van der Waals surface area contributed by atoms with E-state index in [1.807, 2.05) is 25.1 Å². The summed E-state index contributed by atoms with van der Waals surface area (Å²) in [4.78, 5) is 8.07. The summed E-state index contributed by atoms with van der Waals surface area (Å²) < 4.78 is 1.08. The van der Waals surface area contributed by atoms with Crippen LogP contribution in [-0.2, 0) is 0 Å². The molecule has 1 aromatic heterocycles. The SMILES string of the molecule is Cc1cc(Nc2cnc(N)cn2)ccc1Br. The van der Waals surface area contributed by atoms with E-state index in [4.69, 9.17) is 5.73 Å². The van der Waals surface area contributed by atoms with E-state index in [1.165, 1.54) is 6.20 Å². The Morgan fingerprint density at radius 1 is 1.25 bits per heavy atom. The molecule has 0 atom stereocenters. The van der Waals surface area contributed by atoms with Gasteiger partial charge in [-0.2, -0.15) is 0 Å². The normalized spacial score (nSPS) is 10.1. The molecule has 0 fully saturated rings. The minimum absolute atomic E-state index is 0.414. The van der Waals surface area contributed by atoms with Gasteiger partial charge in [-0.15, -0.1) is 0 Å². The molecular weight excluding hydrogens is 268 g/mol. The van der Waals surface area contributed by atoms with Crippen LogP contribution in [0, 0.1) is 6.92 Å². The second-order valence-electron chi connectivity index (χ2n) is 3.42. The van der Waals surface area contributed by atoms with Crippen LogP contribution >= 0.6 is 15.9 Å². The van der Waals surface area contributed by atoms with E-state index in [0.29, 0.717) is 11.6 Å². The van der Waals surface area contributed by atoms with Crippen molar-refractivity contribution in [3.63, 3.8) is 0 Å². The molecule has 16 heavy (non-hydrogen) atoms. The number of nitrogen functional groups attached to an aromatic ring is 1. The molecule has 0 saturated heterocycles. The molecule has 0 bridgehead atoms. The van der Waals surface area contributed by atoms with E-state index in [2.05, 4.69) is 31.2 Å². The summed E-state index contributed by atoms with van der Waals surface area (Å²) in [5.41, 5.74) is 7.59. The van der Waals surface area contributed by atoms with Gasteiger partial charge in [-0.3, -0.25) is 0 Å². The zero-order valence-electron chi connectivity index (χ0n) is 8.74. The summed E-state index contributed by atoms with van der Waals surface area (Å²) in [5, 5.41) is 3.15. The van der Waals surface area contributed by atoms with Crippen molar-refractivity contribution in [1.29, 1.82) is 0 Å². The molecule has 0 saturated carbocycles. The number of nitrogens with zero attached hydrogens (tertiary/aromatic N) is 2. The van der Waals surface area contributed by atoms with E-state index in [1.54, 1.807) is 6.20 Å². The van der Waals surface area contributed by atoms with Crippen LogP contribution in [0.3, 0.4) is 0 Å². The van der Waals surface area contributed by atoms with Crippen molar-refractivity contribution in [2.45, 2.75) is 6.92 Å². The molecule has 0 aliphatic rings. The second kappa shape index (κ2) is 4.49. The molecule has 4 nitrogen and oxygen atoms in total. The van der Waals surface area contributed by atoms with Crippen molar-refractivity contribution in [2.75, 3.05) is 11.1 Å². The van der Waals surface area contributed by atoms with Crippen molar-refractivity contribution in [3.05, 3.63) is 40.6 Å². The molecule has 5 heteroatoms. The molecule has 3 N–H and O–H groups in total. The molecule has 0 aliphatic carbocycles. The summed E-state index contributed by atoms with van der Waals surface area (Å²) in [6.45, 7) is 2.03. The van der Waals surface area contributed by atoms with Crippen LogP contribution in [0.4, 0.5) is 17.3 Å². The first-order chi connectivity index (χ1) is 7.65. The number of nitrogens with two attached hydrogens (primary N) is 1. The van der Waals surface area contributed by atoms with Gasteiger partial charge in [0, 0.05) is 10.2 Å². The standard InChI is InChI=1S/C11H11BrN4/c1-7-4-8(2-3-9(7)12)16-11-6-14-10(13)5-15-11/h2-6H,1H3,(H2,13,14)(H,15,16). The Balaban J connectivity index is 2.20. The maximum Gasteiger partial charge on any atom is 0.149 e. The van der Waals surface area contributed by atoms with Gasteiger partial charge in [0.1, 0.15) is 11.6 Å². The van der Waals surface area contributed by atoms with Gasteiger partial charge < -0.3 is 11.1 Å². The molecule has 0 spiro atoms. The number of aromatic nitrogens is 2. The lowest BCUT2D eigenvalue weighted by Gasteiger charge is -2.06. The summed E-state index contributed by atoms with van der Waals surface area (Å²) in [5.74, 6) is 1.09. The fourth-order valence-electron chi connectivity index (χ4n) is 1.27. The zero-order chi connectivity index (χ0) is 11.5. The third kappa shape index (κ3) is 2.49. The molecule has 2 aromatic rings. The third-order valence-corrected chi connectivity index (χ3v) is 2.99. The Kier molecular flexibility index (Phi) is 3.05. The van der Waals surface area contributed by atoms with Gasteiger partial charge in [0.15, 0.2) is 0 Å². The number of benzene rings is 1. The van der Waals surface area contributed by atoms with Gasteiger partial charge in [0.2, 0.25) is 0 Å². The van der Waals surface area contributed by atoms with E-state index < -0.39 is 0 Å². The minimum Gasteiger partial charge on any atom is -0.382 e. The Morgan fingerprint density at radius 2 is 2.06 bits per heavy atom. The highest BCUT2D eigenvalue weighted by Gasteiger charge is 1.99. The van der Waals surface area contributed by atoms with E-state index in [9.17, 15) is 0 Å². The number of hydrogen-bond acceptors (Lipinski definition) is 4. The molecule has 82 valence electrons. The molecule has 0 unspecified atom stereocenters. The Hall–Kier alpha value is -1.62. The number of halogens is 1. The fourth-order valence-corrected chi connectivity index (χ4v) is 1.52. The number of hydrogen-bond donors (Lipinski definition) is 2. The lowest BCUT2D eigenvalue weighted by atomic mass is 10.2. The molecule has 0 aliphatic heterocycles. The summed E-state index contributed by atoms with van der Waals surface area (Å²) in [6, 6.07) is 5.99. The predicted octanol–water partition coefficient (Wildman–Crippen LogP) is 2.87. The summed E-state index contributed by atoms with van der Waals surface area (Å²) in [7, 11) is 0. The van der Waals surface area contributed by atoms with E-state index in [0.717, 1.165) is 15.7 Å². The quantitative estimate of drug-likeness (QED) is 0.887. The van der Waals surface area contributed by atoms with Crippen molar-refractivity contribution in [2.24, 2.45) is 0 Å². The molecule has 1 heterocycles. The molecule has 0 radical (unpaired) electrons. The Morgan fingerprint density at radius 3 is 2.69 bits per heavy atom. The van der Waals surface area contributed by atoms with Crippen LogP contribution in [-0.4, -0.2) is 9.97 Å². The first-order valence-corrected chi connectivity index (χ1v) is 5.55. The van der Waals surface area contributed by atoms with Gasteiger partial charge in [-0.25, -0.2) is 9.97 Å². The average Bonchev–Trinajstić information content (AvgIpc) is 2.27. The minimum atomic E-state index is 0.414. The van der Waals surface area contributed by atoms with E-state index in [-0.39, 0.29) is 0 Å². The van der Waals surface area contributed by atoms with Gasteiger partial charge in [-0.1, -0.05) is 15.9 Å². The van der Waals surface area contributed by atoms with Gasteiger partial charge in [0.25, 0.3) is 0 Å². The molecule has 2 rings (SSSR count). The van der Waals surface area contributed by atoms with Crippen LogP contribution < -0.4 is 11.1 Å². The van der Waals surface area contributed by atoms with Crippen molar-refractivity contribution >= 4 is 33.3 Å². The maximum absolute atomic E-state index is 5.46. The van der Waals surface area contributed by atoms with Crippen LogP contribution in [0.15, 0.2) is 35.1 Å². The van der Waals surface area contributed by atoms with Crippen LogP contribution in [0.1, 0.15) is 5.56 Å². The number of nitrogens with one attached hydrogen (secondary N) is 1. The topological polar surface area (TPSA) is 63.8 Å². The molecule has 1 aromatic carbocycles. The lowest BCUT2D eigenvalue weighted by Crippen LogP contribution is -1.97. The van der Waals surface area contributed by atoms with Gasteiger partial charge >= 0.3 is 0 Å². The number of aryl methyl sites for hydroxylation is 1. The third-order valence-electron chi connectivity index (χ3n) is 2.10. The smallest absolute Gasteiger partial charge is 0.149 e. The summed E-state index contributed by atoms with van der Waals surface area (Å²) in [6.07, 6.45) is 3.13. The van der Waals surface area contributed by atoms with Crippen LogP contribution in [0.25, 0.3) is 0 Å². The van der Waals surface area contributed by atoms with Crippen LogP contribution in [0.2, 0.25) is 0 Å².